The Morgan fingerprint density at radius 2 is 1.76 bits per heavy atom. The number of nitrogens with one attached hydrogen (secondary N) is 2. The third-order valence-electron chi connectivity index (χ3n) is 4.60. The summed E-state index contributed by atoms with van der Waals surface area (Å²) in [5.74, 6) is -1.61. The van der Waals surface area contributed by atoms with E-state index in [1.807, 2.05) is 0 Å². The van der Waals surface area contributed by atoms with Gasteiger partial charge in [-0.15, -0.1) is 0 Å². The number of amides is 3. The largest absolute Gasteiger partial charge is 0.486 e. The van der Waals surface area contributed by atoms with E-state index in [9.17, 15) is 24.5 Å². The van der Waals surface area contributed by atoms with Gasteiger partial charge in [-0.2, -0.15) is 0 Å². The van der Waals surface area contributed by atoms with Crippen LogP contribution in [0.2, 0.25) is 0 Å². The first-order chi connectivity index (χ1) is 13.9. The van der Waals surface area contributed by atoms with Crippen LogP contribution >= 0.6 is 0 Å². The smallest absolute Gasteiger partial charge is 0.345 e. The Hall–Kier alpha value is -3.37. The lowest BCUT2D eigenvalue weighted by Gasteiger charge is -2.22. The van der Waals surface area contributed by atoms with Gasteiger partial charge in [-0.1, -0.05) is 19.3 Å². The molecule has 3 rings (SSSR count). The van der Waals surface area contributed by atoms with E-state index in [1.54, 1.807) is 0 Å². The van der Waals surface area contributed by atoms with Crippen LogP contribution in [0, 0.1) is 10.1 Å². The highest BCUT2D eigenvalue weighted by Gasteiger charge is 2.28. The maximum Gasteiger partial charge on any atom is 0.345 e. The van der Waals surface area contributed by atoms with E-state index in [0.717, 1.165) is 44.2 Å². The third kappa shape index (κ3) is 5.33. The SMILES string of the molecule is O=C(COC(=O)c1cc2c(cc1[N+](=O)[O-])OCCO2)NC(=O)NC1CCCCC1. The molecule has 1 heterocycles. The minimum Gasteiger partial charge on any atom is -0.486 e. The lowest BCUT2D eigenvalue weighted by Crippen LogP contribution is -2.46. The van der Waals surface area contributed by atoms with Crippen molar-refractivity contribution < 1.29 is 33.5 Å². The van der Waals surface area contributed by atoms with Crippen LogP contribution in [0.25, 0.3) is 0 Å². The van der Waals surface area contributed by atoms with Crippen LogP contribution in [-0.4, -0.2) is 48.7 Å². The molecule has 0 bridgehead atoms. The monoisotopic (exact) mass is 407 g/mol. The number of fused-ring (bicyclic) bond motifs is 1. The molecule has 156 valence electrons. The molecule has 2 aliphatic rings. The van der Waals surface area contributed by atoms with Gasteiger partial charge in [-0.3, -0.25) is 20.2 Å². The number of hydrogen-bond acceptors (Lipinski definition) is 8. The number of carbonyl (C=O) groups is 3. The molecule has 0 spiro atoms. The van der Waals surface area contributed by atoms with Crippen molar-refractivity contribution in [3.8, 4) is 11.5 Å². The minimum absolute atomic E-state index is 0.0134. The Kier molecular flexibility index (Phi) is 6.47. The van der Waals surface area contributed by atoms with Crippen LogP contribution in [0.3, 0.4) is 0 Å². The normalized spacial score (nSPS) is 15.9. The van der Waals surface area contributed by atoms with Gasteiger partial charge < -0.3 is 19.5 Å². The van der Waals surface area contributed by atoms with Crippen molar-refractivity contribution >= 4 is 23.6 Å². The van der Waals surface area contributed by atoms with E-state index in [1.165, 1.54) is 0 Å². The molecular formula is C18H21N3O8. The summed E-state index contributed by atoms with van der Waals surface area (Å²) < 4.78 is 15.4. The molecule has 0 atom stereocenters. The number of benzene rings is 1. The number of urea groups is 1. The summed E-state index contributed by atoms with van der Waals surface area (Å²) in [6.45, 7) is -0.294. The predicted molar refractivity (Wildman–Crippen MR) is 97.9 cm³/mol. The highest BCUT2D eigenvalue weighted by molar-refractivity contribution is 5.98. The van der Waals surface area contributed by atoms with E-state index in [0.29, 0.717) is 0 Å². The molecule has 0 aromatic heterocycles. The van der Waals surface area contributed by atoms with Gasteiger partial charge in [0.2, 0.25) is 0 Å². The average molecular weight is 407 g/mol. The lowest BCUT2D eigenvalue weighted by molar-refractivity contribution is -0.385. The number of esters is 1. The van der Waals surface area contributed by atoms with Crippen LogP contribution in [0.1, 0.15) is 42.5 Å². The Morgan fingerprint density at radius 3 is 2.41 bits per heavy atom. The second-order valence-electron chi connectivity index (χ2n) is 6.70. The molecule has 1 aliphatic heterocycles. The predicted octanol–water partition coefficient (Wildman–Crippen LogP) is 1.68. The second-order valence-corrected chi connectivity index (χ2v) is 6.70. The zero-order chi connectivity index (χ0) is 20.8. The maximum atomic E-state index is 12.3. The molecule has 1 saturated carbocycles. The average Bonchev–Trinajstić information content (AvgIpc) is 2.71. The summed E-state index contributed by atoms with van der Waals surface area (Å²) in [5.41, 5.74) is -0.909. The van der Waals surface area contributed by atoms with Gasteiger partial charge >= 0.3 is 12.0 Å². The Labute approximate surface area is 165 Å². The van der Waals surface area contributed by atoms with Gasteiger partial charge in [-0.25, -0.2) is 9.59 Å². The first-order valence-corrected chi connectivity index (χ1v) is 9.29. The zero-order valence-electron chi connectivity index (χ0n) is 15.6. The standard InChI is InChI=1S/C18H21N3O8/c22-16(20-18(24)19-11-4-2-1-3-5-11)10-29-17(23)12-8-14-15(28-7-6-27-14)9-13(12)21(25)26/h8-9,11H,1-7,10H2,(H2,19,20,22,24). The van der Waals surface area contributed by atoms with Crippen LogP contribution in [-0.2, 0) is 9.53 Å². The molecule has 0 saturated heterocycles. The summed E-state index contributed by atoms with van der Waals surface area (Å²) in [6, 6.07) is 1.56. The fourth-order valence-electron chi connectivity index (χ4n) is 3.23. The molecule has 0 unspecified atom stereocenters. The quantitative estimate of drug-likeness (QED) is 0.426. The lowest BCUT2D eigenvalue weighted by atomic mass is 9.96. The van der Waals surface area contributed by atoms with Crippen molar-refractivity contribution in [2.45, 2.75) is 38.1 Å². The molecule has 2 N–H and O–H groups in total. The summed E-state index contributed by atoms with van der Waals surface area (Å²) >= 11 is 0. The van der Waals surface area contributed by atoms with E-state index in [2.05, 4.69) is 10.6 Å². The van der Waals surface area contributed by atoms with Crippen molar-refractivity contribution in [2.75, 3.05) is 19.8 Å². The molecular weight excluding hydrogens is 386 g/mol. The molecule has 1 aromatic carbocycles. The van der Waals surface area contributed by atoms with Crippen molar-refractivity contribution in [3.05, 3.63) is 27.8 Å². The molecule has 1 aromatic rings. The number of nitrogens with zero attached hydrogens (tertiary/aromatic N) is 1. The number of nitro benzene ring substituents is 1. The molecule has 1 fully saturated rings. The highest BCUT2D eigenvalue weighted by atomic mass is 16.6. The van der Waals surface area contributed by atoms with Crippen LogP contribution < -0.4 is 20.1 Å². The van der Waals surface area contributed by atoms with Crippen molar-refractivity contribution in [1.82, 2.24) is 10.6 Å². The fraction of sp³-hybridized carbons (Fsp3) is 0.500. The number of hydrogen-bond donors (Lipinski definition) is 2. The number of ether oxygens (including phenoxy) is 3. The molecule has 1 aliphatic carbocycles. The summed E-state index contributed by atoms with van der Waals surface area (Å²) in [4.78, 5) is 46.4. The Balaban J connectivity index is 1.56. The molecule has 11 heteroatoms. The Morgan fingerprint density at radius 1 is 1.10 bits per heavy atom. The second kappa shape index (κ2) is 9.22. The summed E-state index contributed by atoms with van der Waals surface area (Å²) in [7, 11) is 0. The molecule has 3 amide bonds. The van der Waals surface area contributed by atoms with Crippen molar-refractivity contribution in [3.63, 3.8) is 0 Å². The van der Waals surface area contributed by atoms with Gasteiger partial charge in [-0.05, 0) is 12.8 Å². The summed E-state index contributed by atoms with van der Waals surface area (Å²) in [6.07, 6.45) is 4.87. The maximum absolute atomic E-state index is 12.3. The molecule has 11 nitrogen and oxygen atoms in total. The number of nitro groups is 1. The van der Waals surface area contributed by atoms with Crippen molar-refractivity contribution in [2.24, 2.45) is 0 Å². The van der Waals surface area contributed by atoms with Gasteiger partial charge in [0.15, 0.2) is 18.1 Å². The van der Waals surface area contributed by atoms with E-state index in [4.69, 9.17) is 14.2 Å². The fourth-order valence-corrected chi connectivity index (χ4v) is 3.23. The van der Waals surface area contributed by atoms with Crippen LogP contribution in [0.4, 0.5) is 10.5 Å². The third-order valence-corrected chi connectivity index (χ3v) is 4.60. The highest BCUT2D eigenvalue weighted by Crippen LogP contribution is 2.36. The summed E-state index contributed by atoms with van der Waals surface area (Å²) in [5, 5.41) is 16.0. The van der Waals surface area contributed by atoms with Crippen LogP contribution in [0.15, 0.2) is 12.1 Å². The number of imide groups is 1. The first-order valence-electron chi connectivity index (χ1n) is 9.29. The number of rotatable bonds is 5. The van der Waals surface area contributed by atoms with Gasteiger partial charge in [0.1, 0.15) is 18.8 Å². The van der Waals surface area contributed by atoms with Gasteiger partial charge in [0.05, 0.1) is 11.0 Å². The van der Waals surface area contributed by atoms with Crippen LogP contribution in [0.5, 0.6) is 11.5 Å². The van der Waals surface area contributed by atoms with E-state index < -0.39 is 35.1 Å². The Bertz CT molecular complexity index is 820. The number of carbonyl (C=O) groups excluding carboxylic acids is 3. The van der Waals surface area contributed by atoms with E-state index in [-0.39, 0.29) is 36.3 Å². The van der Waals surface area contributed by atoms with E-state index >= 15 is 0 Å². The molecule has 29 heavy (non-hydrogen) atoms. The molecule has 0 radical (unpaired) electrons. The van der Waals surface area contributed by atoms with Crippen molar-refractivity contribution in [1.29, 1.82) is 0 Å². The van der Waals surface area contributed by atoms with Gasteiger partial charge in [0, 0.05) is 12.1 Å². The van der Waals surface area contributed by atoms with Gasteiger partial charge in [0.25, 0.3) is 11.6 Å². The zero-order valence-corrected chi connectivity index (χ0v) is 15.6. The minimum atomic E-state index is -1.09. The first kappa shape index (κ1) is 20.4. The topological polar surface area (TPSA) is 146 Å².